The quantitative estimate of drug-likeness (QED) is 0.765. The van der Waals surface area contributed by atoms with E-state index < -0.39 is 29.1 Å². The lowest BCUT2D eigenvalue weighted by atomic mass is 10.1. The van der Waals surface area contributed by atoms with Crippen LogP contribution in [0.1, 0.15) is 16.1 Å². The maximum absolute atomic E-state index is 13.3. The number of nitrogens with zero attached hydrogens (tertiary/aromatic N) is 2. The molecular weight excluding hydrogens is 226 g/mol. The fourth-order valence-corrected chi connectivity index (χ4v) is 1.17. The number of hydrogen-bond acceptors (Lipinski definition) is 4. The summed E-state index contributed by atoms with van der Waals surface area (Å²) >= 11 is 0. The lowest BCUT2D eigenvalue weighted by Gasteiger charge is -2.12. The molecule has 0 bridgehead atoms. The average molecular weight is 234 g/mol. The lowest BCUT2D eigenvalue weighted by Crippen LogP contribution is -2.30. The minimum Gasteiger partial charge on any atom is -0.476 e. The molecule has 0 unspecified atom stereocenters. The third-order valence-corrected chi connectivity index (χ3v) is 1.91. The molecule has 0 fully saturated rings. The Morgan fingerprint density at radius 2 is 2.12 bits per heavy atom. The molecule has 0 atom stereocenters. The second-order valence-corrected chi connectivity index (χ2v) is 2.90. The zero-order chi connectivity index (χ0) is 12.5. The molecule has 0 saturated carbocycles. The van der Waals surface area contributed by atoms with E-state index in [1.165, 1.54) is 0 Å². The van der Waals surface area contributed by atoms with Crippen molar-refractivity contribution in [1.82, 2.24) is 9.78 Å². The van der Waals surface area contributed by atoms with Gasteiger partial charge in [0.05, 0.1) is 13.3 Å². The van der Waals surface area contributed by atoms with Crippen LogP contribution in [0.15, 0.2) is 6.20 Å². The van der Waals surface area contributed by atoms with Crippen molar-refractivity contribution < 1.29 is 28.2 Å². The van der Waals surface area contributed by atoms with Crippen LogP contribution in [0.25, 0.3) is 0 Å². The maximum Gasteiger partial charge on any atom is 0.384 e. The molecule has 8 heteroatoms. The number of ether oxygens (including phenoxy) is 1. The molecule has 0 aliphatic rings. The van der Waals surface area contributed by atoms with Crippen molar-refractivity contribution in [2.75, 3.05) is 7.11 Å². The van der Waals surface area contributed by atoms with Crippen molar-refractivity contribution in [2.24, 2.45) is 7.05 Å². The van der Waals surface area contributed by atoms with Crippen LogP contribution in [0.3, 0.4) is 0 Å². The van der Waals surface area contributed by atoms with Crippen molar-refractivity contribution in [2.45, 2.75) is 5.92 Å². The third kappa shape index (κ3) is 1.73. The van der Waals surface area contributed by atoms with Crippen molar-refractivity contribution in [1.29, 1.82) is 0 Å². The van der Waals surface area contributed by atoms with Crippen LogP contribution >= 0.6 is 0 Å². The van der Waals surface area contributed by atoms with Gasteiger partial charge in [-0.15, -0.1) is 0 Å². The van der Waals surface area contributed by atoms with E-state index in [0.29, 0.717) is 4.68 Å². The van der Waals surface area contributed by atoms with Crippen molar-refractivity contribution in [3.05, 3.63) is 17.5 Å². The number of carbonyl (C=O) groups excluding carboxylic acids is 1. The van der Waals surface area contributed by atoms with Gasteiger partial charge in [-0.3, -0.25) is 4.68 Å². The van der Waals surface area contributed by atoms with Gasteiger partial charge in [-0.2, -0.15) is 13.9 Å². The molecule has 0 aromatic carbocycles. The molecule has 6 nitrogen and oxygen atoms in total. The normalized spacial score (nSPS) is 11.2. The summed E-state index contributed by atoms with van der Waals surface area (Å²) in [6.45, 7) is 0. The molecule has 0 aliphatic carbocycles. The van der Waals surface area contributed by atoms with E-state index in [-0.39, 0.29) is 0 Å². The number of esters is 1. The minimum atomic E-state index is -4.20. The van der Waals surface area contributed by atoms with Gasteiger partial charge >= 0.3 is 17.9 Å². The third-order valence-electron chi connectivity index (χ3n) is 1.91. The second kappa shape index (κ2) is 3.87. The average Bonchev–Trinajstić information content (AvgIpc) is 2.59. The second-order valence-electron chi connectivity index (χ2n) is 2.90. The SMILES string of the molecule is COC(=O)c1cnn(C)c1C(F)(F)C(=O)O. The van der Waals surface area contributed by atoms with Gasteiger partial charge in [0.2, 0.25) is 0 Å². The van der Waals surface area contributed by atoms with Gasteiger partial charge in [-0.25, -0.2) is 9.59 Å². The maximum atomic E-state index is 13.3. The lowest BCUT2D eigenvalue weighted by molar-refractivity contribution is -0.167. The molecular formula is C8H8F2N2O4. The highest BCUT2D eigenvalue weighted by Crippen LogP contribution is 2.30. The first-order chi connectivity index (χ1) is 7.32. The summed E-state index contributed by atoms with van der Waals surface area (Å²) in [6.07, 6.45) is 0.831. The van der Waals surface area contributed by atoms with Gasteiger partial charge in [0.25, 0.3) is 0 Å². The molecule has 0 radical (unpaired) electrons. The molecule has 1 aromatic heterocycles. The number of carbonyl (C=O) groups is 2. The fraction of sp³-hybridized carbons (Fsp3) is 0.375. The summed E-state index contributed by atoms with van der Waals surface area (Å²) in [5.74, 6) is -7.63. The minimum absolute atomic E-state index is 0.572. The standard InChI is InChI=1S/C8H8F2N2O4/c1-12-5(8(9,10)7(14)15)4(3-11-12)6(13)16-2/h3H,1-2H3,(H,14,15). The van der Waals surface area contributed by atoms with E-state index in [1.54, 1.807) is 0 Å². The zero-order valence-electron chi connectivity index (χ0n) is 8.40. The summed E-state index contributed by atoms with van der Waals surface area (Å²) in [5, 5.41) is 11.8. The molecule has 1 rings (SSSR count). The van der Waals surface area contributed by atoms with Gasteiger partial charge in [0.1, 0.15) is 11.3 Å². The zero-order valence-corrected chi connectivity index (χ0v) is 8.40. The fourth-order valence-electron chi connectivity index (χ4n) is 1.17. The van der Waals surface area contributed by atoms with Crippen LogP contribution in [0, 0.1) is 0 Å². The molecule has 1 N–H and O–H groups in total. The highest BCUT2D eigenvalue weighted by molar-refractivity contribution is 5.92. The monoisotopic (exact) mass is 234 g/mol. The first-order valence-corrected chi connectivity index (χ1v) is 4.04. The molecule has 1 aromatic rings. The van der Waals surface area contributed by atoms with E-state index in [9.17, 15) is 18.4 Å². The molecule has 1 heterocycles. The topological polar surface area (TPSA) is 81.4 Å². The number of carboxylic acids is 1. The number of aromatic nitrogens is 2. The predicted octanol–water partition coefficient (Wildman–Crippen LogP) is 0.383. The number of carboxylic acid groups (broad SMARTS) is 1. The van der Waals surface area contributed by atoms with Crippen LogP contribution in [0.2, 0.25) is 0 Å². The molecule has 0 aliphatic heterocycles. The van der Waals surface area contributed by atoms with E-state index in [4.69, 9.17) is 5.11 Å². The van der Waals surface area contributed by atoms with E-state index in [0.717, 1.165) is 20.4 Å². The van der Waals surface area contributed by atoms with Crippen LogP contribution < -0.4 is 0 Å². The Hall–Kier alpha value is -1.99. The Kier molecular flexibility index (Phi) is 2.92. The first kappa shape index (κ1) is 12.1. The van der Waals surface area contributed by atoms with Crippen LogP contribution in [0.5, 0.6) is 0 Å². The molecule has 0 amide bonds. The number of methoxy groups -OCH3 is 1. The Balaban J connectivity index is 3.38. The number of aliphatic carboxylic acids is 1. The predicted molar refractivity (Wildman–Crippen MR) is 46.1 cm³/mol. The van der Waals surface area contributed by atoms with Crippen molar-refractivity contribution in [3.63, 3.8) is 0 Å². The van der Waals surface area contributed by atoms with Gasteiger partial charge in [-0.1, -0.05) is 0 Å². The smallest absolute Gasteiger partial charge is 0.384 e. The number of alkyl halides is 2. The summed E-state index contributed by atoms with van der Waals surface area (Å²) in [6, 6.07) is 0. The molecule has 0 spiro atoms. The molecule has 16 heavy (non-hydrogen) atoms. The summed E-state index contributed by atoms with van der Waals surface area (Å²) in [5.41, 5.74) is -1.58. The largest absolute Gasteiger partial charge is 0.476 e. The number of hydrogen-bond donors (Lipinski definition) is 1. The van der Waals surface area contributed by atoms with Gasteiger partial charge < -0.3 is 9.84 Å². The number of aryl methyl sites for hydroxylation is 1. The number of halogens is 2. The Morgan fingerprint density at radius 3 is 2.56 bits per heavy atom. The summed E-state index contributed by atoms with van der Waals surface area (Å²) in [4.78, 5) is 21.5. The van der Waals surface area contributed by atoms with Crippen molar-refractivity contribution >= 4 is 11.9 Å². The van der Waals surface area contributed by atoms with Crippen molar-refractivity contribution in [3.8, 4) is 0 Å². The first-order valence-electron chi connectivity index (χ1n) is 4.04. The Morgan fingerprint density at radius 1 is 1.56 bits per heavy atom. The van der Waals surface area contributed by atoms with E-state index >= 15 is 0 Å². The van der Waals surface area contributed by atoms with Crippen LogP contribution in [0.4, 0.5) is 8.78 Å². The molecule has 88 valence electrons. The van der Waals surface area contributed by atoms with Crippen LogP contribution in [-0.2, 0) is 22.5 Å². The highest BCUT2D eigenvalue weighted by Gasteiger charge is 2.47. The van der Waals surface area contributed by atoms with E-state index in [2.05, 4.69) is 9.84 Å². The van der Waals surface area contributed by atoms with Gasteiger partial charge in [0, 0.05) is 7.05 Å². The van der Waals surface area contributed by atoms with E-state index in [1.807, 2.05) is 0 Å². The van der Waals surface area contributed by atoms with Crippen LogP contribution in [-0.4, -0.2) is 33.9 Å². The Bertz CT molecular complexity index is 441. The summed E-state index contributed by atoms with van der Waals surface area (Å²) in [7, 11) is 2.11. The molecule has 0 saturated heterocycles. The highest BCUT2D eigenvalue weighted by atomic mass is 19.3. The van der Waals surface area contributed by atoms with Gasteiger partial charge in [0.15, 0.2) is 0 Å². The number of rotatable bonds is 3. The van der Waals surface area contributed by atoms with Gasteiger partial charge in [-0.05, 0) is 0 Å². The summed E-state index contributed by atoms with van der Waals surface area (Å²) < 4.78 is 31.4. The Labute approximate surface area is 88.4 Å².